The first-order valence-corrected chi connectivity index (χ1v) is 7.13. The average Bonchev–Trinajstić information content (AvgIpc) is 1.97. The van der Waals surface area contributed by atoms with Crippen LogP contribution in [0.15, 0.2) is 10.1 Å². The molecule has 1 aromatic rings. The van der Waals surface area contributed by atoms with E-state index in [9.17, 15) is 16.8 Å². The topological polar surface area (TPSA) is 172 Å². The van der Waals surface area contributed by atoms with Gasteiger partial charge in [0.15, 0.2) is 16.5 Å². The summed E-state index contributed by atoms with van der Waals surface area (Å²) in [6.45, 7) is 0. The fourth-order valence-corrected chi connectivity index (χ4v) is 2.12. The lowest BCUT2D eigenvalue weighted by Gasteiger charge is -2.06. The van der Waals surface area contributed by atoms with Gasteiger partial charge in [-0.15, -0.1) is 0 Å². The van der Waals surface area contributed by atoms with E-state index in [0.29, 0.717) is 0 Å². The van der Waals surface area contributed by atoms with Crippen LogP contribution in [0.4, 0.5) is 11.6 Å². The summed E-state index contributed by atoms with van der Waals surface area (Å²) < 4.78 is 44.2. The number of hydrogen-bond acceptors (Lipinski definition) is 8. The maximum Gasteiger partial charge on any atom is 0.250 e. The van der Waals surface area contributed by atoms with Gasteiger partial charge in [0.25, 0.3) is 5.16 Å². The standard InChI is InChI=1S/C5H9N5O4S2/c1-15(11,12)5-9-3(6)2(4(7)10-5)16(8,13)14/h1H3,(H2,8,13,14)(H4,6,7,9,10). The predicted molar refractivity (Wildman–Crippen MR) is 55.3 cm³/mol. The van der Waals surface area contributed by atoms with Gasteiger partial charge in [-0.3, -0.25) is 0 Å². The number of anilines is 2. The number of sulfonamides is 1. The lowest BCUT2D eigenvalue weighted by atomic mass is 10.5. The molecule has 90 valence electrons. The molecule has 1 aromatic heterocycles. The molecule has 0 atom stereocenters. The molecular formula is C5H9N5O4S2. The van der Waals surface area contributed by atoms with Gasteiger partial charge in [-0.05, 0) is 0 Å². The summed E-state index contributed by atoms with van der Waals surface area (Å²) in [4.78, 5) is 5.94. The highest BCUT2D eigenvalue weighted by molar-refractivity contribution is 7.90. The summed E-state index contributed by atoms with van der Waals surface area (Å²) in [5, 5.41) is 4.14. The van der Waals surface area contributed by atoms with Crippen LogP contribution in [0.1, 0.15) is 0 Å². The van der Waals surface area contributed by atoms with Crippen molar-refractivity contribution < 1.29 is 16.8 Å². The molecule has 6 N–H and O–H groups in total. The van der Waals surface area contributed by atoms with Gasteiger partial charge in [0.05, 0.1) is 0 Å². The van der Waals surface area contributed by atoms with E-state index in [1.54, 1.807) is 0 Å². The van der Waals surface area contributed by atoms with Crippen LogP contribution in [0.3, 0.4) is 0 Å². The summed E-state index contributed by atoms with van der Waals surface area (Å²) >= 11 is 0. The molecule has 0 saturated heterocycles. The van der Waals surface area contributed by atoms with E-state index < -0.39 is 41.5 Å². The Morgan fingerprint density at radius 2 is 1.38 bits per heavy atom. The molecule has 0 aromatic carbocycles. The van der Waals surface area contributed by atoms with Gasteiger partial charge >= 0.3 is 0 Å². The van der Waals surface area contributed by atoms with Gasteiger partial charge in [0.2, 0.25) is 19.9 Å². The summed E-state index contributed by atoms with van der Waals surface area (Å²) in [6, 6.07) is 0. The largest absolute Gasteiger partial charge is 0.382 e. The zero-order valence-corrected chi connectivity index (χ0v) is 9.71. The number of nitrogens with zero attached hydrogens (tertiary/aromatic N) is 2. The molecule has 0 spiro atoms. The van der Waals surface area contributed by atoms with Crippen LogP contribution < -0.4 is 16.6 Å². The van der Waals surface area contributed by atoms with Crippen LogP contribution in [0.2, 0.25) is 0 Å². The van der Waals surface area contributed by atoms with Crippen molar-refractivity contribution in [1.82, 2.24) is 9.97 Å². The second-order valence-electron chi connectivity index (χ2n) is 2.92. The molecule has 1 heterocycles. The minimum atomic E-state index is -4.20. The van der Waals surface area contributed by atoms with Crippen molar-refractivity contribution in [2.75, 3.05) is 17.7 Å². The van der Waals surface area contributed by atoms with E-state index in [4.69, 9.17) is 16.6 Å². The number of nitrogens with two attached hydrogens (primary N) is 3. The molecule has 0 aliphatic carbocycles. The van der Waals surface area contributed by atoms with E-state index in [1.165, 1.54) is 0 Å². The zero-order valence-electron chi connectivity index (χ0n) is 8.08. The molecule has 16 heavy (non-hydrogen) atoms. The van der Waals surface area contributed by atoms with Crippen LogP contribution in [0.25, 0.3) is 0 Å². The fraction of sp³-hybridized carbons (Fsp3) is 0.200. The minimum Gasteiger partial charge on any atom is -0.382 e. The Labute approximate surface area is 91.6 Å². The fourth-order valence-electron chi connectivity index (χ4n) is 0.921. The molecule has 0 saturated carbocycles. The maximum absolute atomic E-state index is 11.1. The first-order valence-electron chi connectivity index (χ1n) is 3.69. The van der Waals surface area contributed by atoms with E-state index >= 15 is 0 Å². The molecule has 0 bridgehead atoms. The number of rotatable bonds is 2. The summed E-state index contributed by atoms with van der Waals surface area (Å²) in [5.74, 6) is -1.20. The maximum atomic E-state index is 11.1. The monoisotopic (exact) mass is 267 g/mol. The van der Waals surface area contributed by atoms with Crippen LogP contribution in [0, 0.1) is 0 Å². The van der Waals surface area contributed by atoms with E-state index in [-0.39, 0.29) is 0 Å². The second-order valence-corrected chi connectivity index (χ2v) is 6.33. The Hall–Kier alpha value is -1.46. The number of nitrogen functional groups attached to an aromatic ring is 2. The molecular weight excluding hydrogens is 258 g/mol. The highest BCUT2D eigenvalue weighted by Gasteiger charge is 2.23. The van der Waals surface area contributed by atoms with Crippen molar-refractivity contribution in [2.45, 2.75) is 10.1 Å². The third-order valence-corrected chi connectivity index (χ3v) is 3.35. The molecule has 0 aliphatic rings. The van der Waals surface area contributed by atoms with E-state index in [2.05, 4.69) is 9.97 Å². The van der Waals surface area contributed by atoms with Crippen molar-refractivity contribution in [3.05, 3.63) is 0 Å². The lowest BCUT2D eigenvalue weighted by molar-refractivity contribution is 0.588. The van der Waals surface area contributed by atoms with Gasteiger partial charge in [0.1, 0.15) is 0 Å². The van der Waals surface area contributed by atoms with Crippen LogP contribution >= 0.6 is 0 Å². The first kappa shape index (κ1) is 12.6. The van der Waals surface area contributed by atoms with Crippen molar-refractivity contribution in [3.63, 3.8) is 0 Å². The number of hydrogen-bond donors (Lipinski definition) is 3. The van der Waals surface area contributed by atoms with Crippen LogP contribution in [-0.2, 0) is 19.9 Å². The zero-order chi connectivity index (χ0) is 12.7. The van der Waals surface area contributed by atoms with Crippen molar-refractivity contribution >= 4 is 31.5 Å². The van der Waals surface area contributed by atoms with Gasteiger partial charge in [-0.2, -0.15) is 9.97 Å². The van der Waals surface area contributed by atoms with Crippen molar-refractivity contribution in [2.24, 2.45) is 5.14 Å². The minimum absolute atomic E-state index is 0.601. The molecule has 0 amide bonds. The van der Waals surface area contributed by atoms with Gasteiger partial charge in [0, 0.05) is 6.26 Å². The molecule has 0 radical (unpaired) electrons. The summed E-state index contributed by atoms with van der Waals surface area (Å²) in [5.41, 5.74) is 10.5. The number of sulfone groups is 1. The Kier molecular flexibility index (Phi) is 2.79. The Morgan fingerprint density at radius 1 is 1.00 bits per heavy atom. The average molecular weight is 267 g/mol. The summed E-state index contributed by atoms with van der Waals surface area (Å²) in [7, 11) is -7.92. The number of aromatic nitrogens is 2. The van der Waals surface area contributed by atoms with Gasteiger partial charge in [-0.25, -0.2) is 22.0 Å². The van der Waals surface area contributed by atoms with Crippen LogP contribution in [-0.4, -0.2) is 33.1 Å². The third kappa shape index (κ3) is 2.37. The summed E-state index contributed by atoms with van der Waals surface area (Å²) in [6.07, 6.45) is 0.831. The van der Waals surface area contributed by atoms with Gasteiger partial charge in [-0.1, -0.05) is 0 Å². The molecule has 11 heteroatoms. The highest BCUT2D eigenvalue weighted by Crippen LogP contribution is 2.21. The SMILES string of the molecule is CS(=O)(=O)c1nc(N)c(S(N)(=O)=O)c(N)n1. The smallest absolute Gasteiger partial charge is 0.250 e. The van der Waals surface area contributed by atoms with Crippen molar-refractivity contribution in [1.29, 1.82) is 0 Å². The highest BCUT2D eigenvalue weighted by atomic mass is 32.2. The number of primary sulfonamides is 1. The van der Waals surface area contributed by atoms with Crippen molar-refractivity contribution in [3.8, 4) is 0 Å². The second kappa shape index (κ2) is 3.54. The van der Waals surface area contributed by atoms with E-state index in [0.717, 1.165) is 6.26 Å². The molecule has 0 fully saturated rings. The first-order chi connectivity index (χ1) is 7.03. The van der Waals surface area contributed by atoms with Gasteiger partial charge < -0.3 is 11.5 Å². The third-order valence-electron chi connectivity index (χ3n) is 1.51. The predicted octanol–water partition coefficient (Wildman–Crippen LogP) is -2.31. The molecule has 9 nitrogen and oxygen atoms in total. The molecule has 0 aliphatic heterocycles. The molecule has 1 rings (SSSR count). The molecule has 0 unspecified atom stereocenters. The Bertz CT molecular complexity index is 612. The Morgan fingerprint density at radius 3 is 1.62 bits per heavy atom. The Balaban J connectivity index is 3.66. The lowest BCUT2D eigenvalue weighted by Crippen LogP contribution is -2.20. The van der Waals surface area contributed by atoms with E-state index in [1.807, 2.05) is 0 Å². The quantitative estimate of drug-likeness (QED) is 0.501. The normalized spacial score (nSPS) is 12.6. The van der Waals surface area contributed by atoms with Crippen LogP contribution in [0.5, 0.6) is 0 Å².